The molecule has 1 aromatic heterocycles. The van der Waals surface area contributed by atoms with Crippen LogP contribution < -0.4 is 10.6 Å². The molecule has 19 heavy (non-hydrogen) atoms. The normalized spacial score (nSPS) is 19.5. The van der Waals surface area contributed by atoms with Gasteiger partial charge in [0.05, 0.1) is 5.56 Å². The van der Waals surface area contributed by atoms with Crippen molar-refractivity contribution in [3.05, 3.63) is 23.9 Å². The Morgan fingerprint density at radius 3 is 2.53 bits per heavy atom. The maximum Gasteiger partial charge on any atom is 0.419 e. The number of hydrogen-bond acceptors (Lipinski definition) is 3. The molecule has 0 aliphatic carbocycles. The number of nitrogens with zero attached hydrogens (tertiary/aromatic N) is 2. The predicted octanol–water partition coefficient (Wildman–Crippen LogP) is 2.66. The Morgan fingerprint density at radius 1 is 1.37 bits per heavy atom. The van der Waals surface area contributed by atoms with Gasteiger partial charge < -0.3 is 10.6 Å². The van der Waals surface area contributed by atoms with Crippen LogP contribution in [0.3, 0.4) is 0 Å². The molecule has 1 unspecified atom stereocenters. The first-order chi connectivity index (χ1) is 8.89. The van der Waals surface area contributed by atoms with Crippen molar-refractivity contribution in [2.75, 3.05) is 18.0 Å². The van der Waals surface area contributed by atoms with Gasteiger partial charge in [-0.25, -0.2) is 4.98 Å². The Labute approximate surface area is 110 Å². The molecule has 106 valence electrons. The second-order valence-electron chi connectivity index (χ2n) is 5.06. The summed E-state index contributed by atoms with van der Waals surface area (Å²) in [6.45, 7) is 3.10. The zero-order valence-electron chi connectivity index (χ0n) is 10.8. The van der Waals surface area contributed by atoms with Gasteiger partial charge in [0.2, 0.25) is 0 Å². The van der Waals surface area contributed by atoms with E-state index >= 15 is 0 Å². The van der Waals surface area contributed by atoms with Crippen molar-refractivity contribution in [2.45, 2.75) is 32.0 Å². The lowest BCUT2D eigenvalue weighted by molar-refractivity contribution is -0.137. The number of anilines is 1. The fraction of sp³-hybridized carbons (Fsp3) is 0.615. The van der Waals surface area contributed by atoms with Crippen LogP contribution in [0.1, 0.15) is 25.3 Å². The van der Waals surface area contributed by atoms with E-state index in [1.807, 2.05) is 6.92 Å². The highest BCUT2D eigenvalue weighted by molar-refractivity contribution is 5.48. The van der Waals surface area contributed by atoms with Crippen LogP contribution in [-0.4, -0.2) is 24.1 Å². The Kier molecular flexibility index (Phi) is 3.99. The van der Waals surface area contributed by atoms with Crippen LogP contribution in [-0.2, 0) is 6.18 Å². The summed E-state index contributed by atoms with van der Waals surface area (Å²) in [5.41, 5.74) is 5.18. The quantitative estimate of drug-likeness (QED) is 0.900. The van der Waals surface area contributed by atoms with Crippen molar-refractivity contribution in [1.82, 2.24) is 4.98 Å². The van der Waals surface area contributed by atoms with Gasteiger partial charge in [-0.1, -0.05) is 0 Å². The van der Waals surface area contributed by atoms with Gasteiger partial charge in [0.25, 0.3) is 0 Å². The smallest absolute Gasteiger partial charge is 0.356 e. The first kappa shape index (κ1) is 14.1. The van der Waals surface area contributed by atoms with E-state index in [-0.39, 0.29) is 11.9 Å². The molecule has 2 heterocycles. The predicted molar refractivity (Wildman–Crippen MR) is 67.8 cm³/mol. The zero-order valence-corrected chi connectivity index (χ0v) is 10.8. The molecule has 0 radical (unpaired) electrons. The van der Waals surface area contributed by atoms with Crippen molar-refractivity contribution < 1.29 is 13.2 Å². The number of piperidine rings is 1. The summed E-state index contributed by atoms with van der Waals surface area (Å²) in [6.07, 6.45) is -1.33. The van der Waals surface area contributed by atoms with Gasteiger partial charge in [0.15, 0.2) is 0 Å². The summed E-state index contributed by atoms with van der Waals surface area (Å²) >= 11 is 0. The topological polar surface area (TPSA) is 42.1 Å². The number of aromatic nitrogens is 1. The number of alkyl halides is 3. The van der Waals surface area contributed by atoms with E-state index in [1.165, 1.54) is 12.3 Å². The summed E-state index contributed by atoms with van der Waals surface area (Å²) in [6, 6.07) is 2.49. The summed E-state index contributed by atoms with van der Waals surface area (Å²) < 4.78 is 38.8. The van der Waals surface area contributed by atoms with Gasteiger partial charge in [0, 0.05) is 25.3 Å². The lowest BCUT2D eigenvalue weighted by Gasteiger charge is -2.35. The molecular weight excluding hydrogens is 255 g/mol. The van der Waals surface area contributed by atoms with E-state index < -0.39 is 11.7 Å². The number of hydrogen-bond donors (Lipinski definition) is 1. The van der Waals surface area contributed by atoms with Crippen molar-refractivity contribution in [1.29, 1.82) is 0 Å². The lowest BCUT2D eigenvalue weighted by Crippen LogP contribution is -2.40. The van der Waals surface area contributed by atoms with Gasteiger partial charge in [-0.2, -0.15) is 13.2 Å². The van der Waals surface area contributed by atoms with Crippen LogP contribution in [0.15, 0.2) is 18.3 Å². The zero-order chi connectivity index (χ0) is 14.0. The van der Waals surface area contributed by atoms with Crippen molar-refractivity contribution in [3.63, 3.8) is 0 Å². The van der Waals surface area contributed by atoms with Crippen molar-refractivity contribution in [2.24, 2.45) is 11.7 Å². The van der Waals surface area contributed by atoms with E-state index in [0.717, 1.165) is 18.9 Å². The average Bonchev–Trinajstić information content (AvgIpc) is 2.38. The molecule has 1 aliphatic rings. The summed E-state index contributed by atoms with van der Waals surface area (Å²) in [5.74, 6) is 0.424. The molecule has 1 aliphatic heterocycles. The van der Waals surface area contributed by atoms with Crippen LogP contribution in [0.4, 0.5) is 19.0 Å². The fourth-order valence-electron chi connectivity index (χ4n) is 2.51. The number of pyridine rings is 1. The number of halogens is 3. The standard InChI is InChI=1S/C13H18F3N3/c1-9(17)10-4-7-19(8-5-10)12-11(13(14,15)16)3-2-6-18-12/h2-3,6,9-10H,4-5,7-8,17H2,1H3. The fourth-order valence-corrected chi connectivity index (χ4v) is 2.51. The third-order valence-corrected chi connectivity index (χ3v) is 3.67. The molecule has 3 nitrogen and oxygen atoms in total. The van der Waals surface area contributed by atoms with E-state index in [1.54, 1.807) is 4.90 Å². The number of nitrogens with two attached hydrogens (primary N) is 1. The minimum atomic E-state index is -4.36. The van der Waals surface area contributed by atoms with Crippen LogP contribution in [0.2, 0.25) is 0 Å². The molecule has 1 fully saturated rings. The van der Waals surface area contributed by atoms with E-state index in [4.69, 9.17) is 5.73 Å². The Hall–Kier alpha value is -1.30. The van der Waals surface area contributed by atoms with Crippen LogP contribution >= 0.6 is 0 Å². The van der Waals surface area contributed by atoms with Gasteiger partial charge in [0.1, 0.15) is 5.82 Å². The van der Waals surface area contributed by atoms with Gasteiger partial charge in [-0.15, -0.1) is 0 Å². The van der Waals surface area contributed by atoms with Crippen molar-refractivity contribution in [3.8, 4) is 0 Å². The second-order valence-corrected chi connectivity index (χ2v) is 5.06. The molecule has 2 rings (SSSR count). The molecule has 1 atom stereocenters. The van der Waals surface area contributed by atoms with Gasteiger partial charge in [-0.05, 0) is 37.8 Å². The van der Waals surface area contributed by atoms with E-state index in [0.29, 0.717) is 19.0 Å². The lowest BCUT2D eigenvalue weighted by atomic mass is 9.91. The maximum absolute atomic E-state index is 12.9. The highest BCUT2D eigenvalue weighted by Gasteiger charge is 2.36. The largest absolute Gasteiger partial charge is 0.419 e. The third-order valence-electron chi connectivity index (χ3n) is 3.67. The molecule has 0 aromatic carbocycles. The average molecular weight is 273 g/mol. The molecule has 0 saturated carbocycles. The highest BCUT2D eigenvalue weighted by atomic mass is 19.4. The second kappa shape index (κ2) is 5.36. The summed E-state index contributed by atoms with van der Waals surface area (Å²) in [4.78, 5) is 5.62. The molecule has 1 aromatic rings. The monoisotopic (exact) mass is 273 g/mol. The van der Waals surface area contributed by atoms with Gasteiger partial charge >= 0.3 is 6.18 Å². The molecule has 2 N–H and O–H groups in total. The van der Waals surface area contributed by atoms with Crippen LogP contribution in [0.5, 0.6) is 0 Å². The molecular formula is C13H18F3N3. The molecule has 6 heteroatoms. The minimum Gasteiger partial charge on any atom is -0.356 e. The Morgan fingerprint density at radius 2 is 2.00 bits per heavy atom. The Bertz CT molecular complexity index is 423. The Balaban J connectivity index is 2.16. The van der Waals surface area contributed by atoms with Crippen LogP contribution in [0.25, 0.3) is 0 Å². The molecule has 0 amide bonds. The van der Waals surface area contributed by atoms with Crippen molar-refractivity contribution >= 4 is 5.82 Å². The summed E-state index contributed by atoms with van der Waals surface area (Å²) in [7, 11) is 0. The van der Waals surface area contributed by atoms with E-state index in [9.17, 15) is 13.2 Å². The molecule has 0 spiro atoms. The SMILES string of the molecule is CC(N)C1CCN(c2ncccc2C(F)(F)F)CC1. The summed E-state index contributed by atoms with van der Waals surface area (Å²) in [5, 5.41) is 0. The number of rotatable bonds is 2. The first-order valence-corrected chi connectivity index (χ1v) is 6.42. The van der Waals surface area contributed by atoms with E-state index in [2.05, 4.69) is 4.98 Å². The molecule has 1 saturated heterocycles. The minimum absolute atomic E-state index is 0.0399. The highest BCUT2D eigenvalue weighted by Crippen LogP contribution is 2.36. The molecule has 0 bridgehead atoms. The van der Waals surface area contributed by atoms with Gasteiger partial charge in [-0.3, -0.25) is 0 Å². The maximum atomic E-state index is 12.9. The first-order valence-electron chi connectivity index (χ1n) is 6.42. The van der Waals surface area contributed by atoms with Crippen LogP contribution in [0, 0.1) is 5.92 Å². The third kappa shape index (κ3) is 3.18.